The number of carboxylic acid groups (broad SMARTS) is 1. The average molecular weight is 863 g/mol. The third-order valence-corrected chi connectivity index (χ3v) is 8.03. The first-order valence-corrected chi connectivity index (χ1v) is 18.7. The summed E-state index contributed by atoms with van der Waals surface area (Å²) >= 11 is 0. The first-order chi connectivity index (χ1) is 28.7. The summed E-state index contributed by atoms with van der Waals surface area (Å²) in [5, 5.41) is 79.3. The average Bonchev–Trinajstić information content (AvgIpc) is 3.19. The highest BCUT2D eigenvalue weighted by Gasteiger charge is 2.32. The van der Waals surface area contributed by atoms with E-state index in [0.29, 0.717) is 5.56 Å². The number of phenols is 1. The van der Waals surface area contributed by atoms with Gasteiger partial charge in [-0.05, 0) is 65.3 Å². The number of rotatable bonds is 26. The monoisotopic (exact) mass is 862 g/mol. The van der Waals surface area contributed by atoms with Crippen molar-refractivity contribution in [3.8, 4) is 17.2 Å². The molecule has 0 saturated carbocycles. The van der Waals surface area contributed by atoms with Crippen molar-refractivity contribution in [2.75, 3.05) is 27.4 Å². The Morgan fingerprint density at radius 2 is 1.13 bits per heavy atom. The van der Waals surface area contributed by atoms with Crippen LogP contribution in [0.5, 0.6) is 17.2 Å². The Kier molecular flexibility index (Phi) is 24.8. The van der Waals surface area contributed by atoms with Crippen molar-refractivity contribution in [1.29, 1.82) is 0 Å². The molecule has 1 aromatic rings. The molecule has 338 valence electrons. The van der Waals surface area contributed by atoms with Gasteiger partial charge in [-0.15, -0.1) is 0 Å². The van der Waals surface area contributed by atoms with Crippen LogP contribution in [0.3, 0.4) is 0 Å². The van der Waals surface area contributed by atoms with E-state index >= 15 is 0 Å². The van der Waals surface area contributed by atoms with Gasteiger partial charge in [0.2, 0.25) is 24.6 Å². The summed E-state index contributed by atoms with van der Waals surface area (Å²) < 4.78 is 36.7. The van der Waals surface area contributed by atoms with Crippen molar-refractivity contribution in [2.24, 2.45) is 0 Å². The molecule has 61 heavy (non-hydrogen) atoms. The lowest BCUT2D eigenvalue weighted by atomic mass is 10.1. The zero-order valence-electron chi connectivity index (χ0n) is 35.3. The molecule has 0 aliphatic carbocycles. The number of benzene rings is 1. The third kappa shape index (κ3) is 21.1. The number of methoxy groups -OCH3 is 2. The number of carbonyl (C=O) groups excluding carboxylic acids is 2. The summed E-state index contributed by atoms with van der Waals surface area (Å²) in [5.74, 6) is -2.95. The molecular weight excluding hydrogens is 804 g/mol. The molecule has 0 aromatic heterocycles. The van der Waals surface area contributed by atoms with Crippen molar-refractivity contribution in [3.05, 3.63) is 107 Å². The number of aliphatic hydroxyl groups is 6. The smallest absolute Gasteiger partial charge is 0.336 e. The number of hydrogen-bond donors (Lipinski definition) is 8. The maximum Gasteiger partial charge on any atom is 0.336 e. The van der Waals surface area contributed by atoms with E-state index in [-0.39, 0.29) is 28.4 Å². The second-order valence-corrected chi connectivity index (χ2v) is 13.3. The number of hydrogen-bond acceptors (Lipinski definition) is 17. The summed E-state index contributed by atoms with van der Waals surface area (Å²) in [6.45, 7) is 7.76. The molecule has 1 rings (SSSR count). The molecule has 0 radical (unpaired) electrons. The molecule has 8 N–H and O–H groups in total. The number of allylic oxidation sites excluding steroid dienone is 12. The van der Waals surface area contributed by atoms with Gasteiger partial charge in [-0.2, -0.15) is 0 Å². The van der Waals surface area contributed by atoms with Crippen LogP contribution in [0.15, 0.2) is 101 Å². The van der Waals surface area contributed by atoms with Gasteiger partial charge in [0.1, 0.15) is 18.8 Å². The molecule has 0 fully saturated rings. The molecule has 18 heteroatoms. The van der Waals surface area contributed by atoms with Gasteiger partial charge in [0.25, 0.3) is 6.29 Å². The molecule has 18 nitrogen and oxygen atoms in total. The Bertz CT molecular complexity index is 1790. The van der Waals surface area contributed by atoms with Crippen LogP contribution in [0, 0.1) is 0 Å². The van der Waals surface area contributed by atoms with Crippen molar-refractivity contribution < 1.29 is 88.4 Å². The zero-order valence-corrected chi connectivity index (χ0v) is 35.3. The molecule has 0 spiro atoms. The maximum absolute atomic E-state index is 12.8. The van der Waals surface area contributed by atoms with E-state index in [1.54, 1.807) is 42.5 Å². The maximum atomic E-state index is 12.8. The van der Waals surface area contributed by atoms with Crippen molar-refractivity contribution in [3.63, 3.8) is 0 Å². The first-order valence-electron chi connectivity index (χ1n) is 18.7. The van der Waals surface area contributed by atoms with Crippen LogP contribution in [0.25, 0.3) is 6.08 Å². The fourth-order valence-corrected chi connectivity index (χ4v) is 4.41. The molecule has 6 atom stereocenters. The number of aliphatic carboxylic acids is 1. The van der Waals surface area contributed by atoms with Gasteiger partial charge in [0, 0.05) is 17.2 Å². The Morgan fingerprint density at radius 1 is 0.656 bits per heavy atom. The lowest BCUT2D eigenvalue weighted by molar-refractivity contribution is -0.305. The predicted octanol–water partition coefficient (Wildman–Crippen LogP) is 2.87. The van der Waals surface area contributed by atoms with E-state index in [1.165, 1.54) is 72.3 Å². The number of carbonyl (C=O) groups is 3. The van der Waals surface area contributed by atoms with E-state index in [1.807, 2.05) is 19.9 Å². The third-order valence-electron chi connectivity index (χ3n) is 8.03. The second-order valence-electron chi connectivity index (χ2n) is 13.3. The minimum Gasteiger partial charge on any atom is -0.502 e. The molecular formula is C43H58O18. The molecule has 0 amide bonds. The number of aliphatic hydroxyl groups excluding tert-OH is 4. The molecule has 0 heterocycles. The first kappa shape index (κ1) is 53.6. The summed E-state index contributed by atoms with van der Waals surface area (Å²) in [6, 6.07) is 2.87. The van der Waals surface area contributed by atoms with Crippen molar-refractivity contribution in [2.45, 2.75) is 91.1 Å². The molecule has 0 bridgehead atoms. The Morgan fingerprint density at radius 3 is 1.59 bits per heavy atom. The lowest BCUT2D eigenvalue weighted by Gasteiger charge is -2.31. The van der Waals surface area contributed by atoms with Crippen LogP contribution in [-0.4, -0.2) is 136 Å². The van der Waals surface area contributed by atoms with Gasteiger partial charge in [-0.3, -0.25) is 0 Å². The number of aromatic hydroxyl groups is 1. The highest BCUT2D eigenvalue weighted by atomic mass is 16.8. The van der Waals surface area contributed by atoms with Gasteiger partial charge >= 0.3 is 17.9 Å². The molecule has 1 aromatic carbocycles. The van der Waals surface area contributed by atoms with Gasteiger partial charge in [-0.25, -0.2) is 14.4 Å². The molecule has 0 aliphatic rings. The Labute approximate surface area is 354 Å². The highest BCUT2D eigenvalue weighted by Crippen LogP contribution is 2.37. The summed E-state index contributed by atoms with van der Waals surface area (Å²) in [5.41, 5.74) is 2.35. The van der Waals surface area contributed by atoms with Crippen LogP contribution in [-0.2, 0) is 38.1 Å². The topological polar surface area (TPSA) is 278 Å². The van der Waals surface area contributed by atoms with Crippen LogP contribution >= 0.6 is 0 Å². The fraction of sp³-hybridized carbons (Fsp3) is 0.419. The van der Waals surface area contributed by atoms with E-state index in [4.69, 9.17) is 38.3 Å². The SMILES string of the molecule is COc1cc(/C=C/C(=O)OCC(OC(OCC(OC(OC(=O)/C(C)=C/C=C/C(C)=C/C=C/C=C(C)/C=C/C=C(\C)C(=O)O)C(O)O)[C@H](C)O)C(O)O)[C@H](C)O)cc(OC)c1O. The van der Waals surface area contributed by atoms with E-state index < -0.39 is 80.7 Å². The van der Waals surface area contributed by atoms with Crippen LogP contribution < -0.4 is 9.47 Å². The van der Waals surface area contributed by atoms with E-state index in [2.05, 4.69) is 0 Å². The summed E-state index contributed by atoms with van der Waals surface area (Å²) in [6.07, 6.45) is 4.79. The van der Waals surface area contributed by atoms with E-state index in [9.17, 15) is 50.1 Å². The number of phenolic OH excluding ortho intramolecular Hbond substituents is 1. The van der Waals surface area contributed by atoms with Gasteiger partial charge in [0.15, 0.2) is 11.5 Å². The molecule has 0 saturated heterocycles. The summed E-state index contributed by atoms with van der Waals surface area (Å²) in [4.78, 5) is 36.1. The van der Waals surface area contributed by atoms with E-state index in [0.717, 1.165) is 17.2 Å². The molecule has 4 unspecified atom stereocenters. The lowest BCUT2D eigenvalue weighted by Crippen LogP contribution is -2.46. The Balaban J connectivity index is 2.89. The largest absolute Gasteiger partial charge is 0.502 e. The normalized spacial score (nSPS) is 16.4. The van der Waals surface area contributed by atoms with Gasteiger partial charge in [0.05, 0.1) is 33.0 Å². The van der Waals surface area contributed by atoms with Gasteiger partial charge < -0.3 is 74.0 Å². The number of ether oxygens (including phenoxy) is 7. The predicted molar refractivity (Wildman–Crippen MR) is 220 cm³/mol. The van der Waals surface area contributed by atoms with Crippen molar-refractivity contribution in [1.82, 2.24) is 0 Å². The second kappa shape index (κ2) is 28.2. The van der Waals surface area contributed by atoms with Crippen molar-refractivity contribution >= 4 is 24.0 Å². The highest BCUT2D eigenvalue weighted by molar-refractivity contribution is 5.88. The van der Waals surface area contributed by atoms with Crippen LogP contribution in [0.4, 0.5) is 0 Å². The quantitative estimate of drug-likeness (QED) is 0.0288. The standard InChI is InChI=1S/C43H58O18/c1-25(15-11-17-27(3)38(48)49)13-9-10-14-26(2)16-12-18-28(4)41(54)61-43(40(52)53)60-35(30(6)45)24-58-42(39(50)51)59-34(29(5)44)23-57-36(46)20-19-31-21-32(55-7)37(47)33(22-31)56-8/h9-22,29-30,34-35,39-40,42-45,47,50-53H,23-24H2,1-8H3,(H,48,49)/b10-9+,15-11+,16-12+,20-19+,25-13+,26-14+,27-17+,28-18+/t29-,30-,34?,35?,42?,43?/m0/s1. The number of carboxylic acids is 1. The van der Waals surface area contributed by atoms with Crippen LogP contribution in [0.2, 0.25) is 0 Å². The minimum absolute atomic E-state index is 0.0363. The fourth-order valence-electron chi connectivity index (χ4n) is 4.41. The Hall–Kier alpha value is -5.41. The molecule has 0 aliphatic heterocycles. The minimum atomic E-state index is -2.39. The summed E-state index contributed by atoms with van der Waals surface area (Å²) in [7, 11) is 2.66. The zero-order chi connectivity index (χ0) is 46.2. The van der Waals surface area contributed by atoms with Gasteiger partial charge in [-0.1, -0.05) is 71.9 Å². The van der Waals surface area contributed by atoms with Crippen LogP contribution in [0.1, 0.15) is 47.1 Å². The number of esters is 2.